The van der Waals surface area contributed by atoms with E-state index in [-0.39, 0.29) is 16.6 Å². The van der Waals surface area contributed by atoms with Gasteiger partial charge in [0.1, 0.15) is 11.5 Å². The van der Waals surface area contributed by atoms with Gasteiger partial charge >= 0.3 is 5.97 Å². The average molecular weight is 521 g/mol. The molecule has 1 saturated carbocycles. The van der Waals surface area contributed by atoms with Crippen molar-refractivity contribution in [1.29, 1.82) is 0 Å². The summed E-state index contributed by atoms with van der Waals surface area (Å²) in [5, 5.41) is 1.80. The zero-order valence-electron chi connectivity index (χ0n) is 23.4. The number of Topliss-reactive ketones (excluding diaryl/α,β-unsaturated/α-hetero) is 1. The molecule has 4 aromatic rings. The van der Waals surface area contributed by atoms with Crippen LogP contribution in [0, 0.1) is 11.3 Å². The molecule has 0 N–H and O–H groups in total. The first-order valence-electron chi connectivity index (χ1n) is 13.6. The second-order valence-electron chi connectivity index (χ2n) is 11.9. The fourth-order valence-corrected chi connectivity index (χ4v) is 6.69. The highest BCUT2D eigenvalue weighted by Crippen LogP contribution is 2.53. The second kappa shape index (κ2) is 10.3. The molecule has 0 bridgehead atoms. The van der Waals surface area contributed by atoms with Crippen LogP contribution in [0.15, 0.2) is 84.9 Å². The molecule has 39 heavy (non-hydrogen) atoms. The SMILES string of the molecule is COc1ccc(C2(c3ccc(OC(=O)c4ccc5cc(C(C)=O)ccc5c4)cc3)CC(C)CC(C)(C)C2)cc1. The molecule has 0 spiro atoms. The molecule has 0 radical (unpaired) electrons. The first-order chi connectivity index (χ1) is 18.6. The first-order valence-corrected chi connectivity index (χ1v) is 13.6. The topological polar surface area (TPSA) is 52.6 Å². The molecule has 1 aliphatic carbocycles. The molecule has 2 atom stereocenters. The molecule has 0 aliphatic heterocycles. The Labute approximate surface area is 231 Å². The van der Waals surface area contributed by atoms with Crippen molar-refractivity contribution in [3.63, 3.8) is 0 Å². The standard InChI is InChI=1S/C35H36O4/c1-23-20-34(3,4)22-35(21-23,29-10-14-31(38-5)15-11-29)30-12-16-32(17-13-30)39-33(37)28-9-8-26-18-25(24(2)36)6-7-27(26)19-28/h6-19,23H,20-22H2,1-5H3. The molecule has 1 aliphatic rings. The quantitative estimate of drug-likeness (QED) is 0.145. The van der Waals surface area contributed by atoms with Crippen LogP contribution in [0.4, 0.5) is 0 Å². The number of carbonyl (C=O) groups is 2. The summed E-state index contributed by atoms with van der Waals surface area (Å²) in [5.74, 6) is 1.56. The fraction of sp³-hybridized carbons (Fsp3) is 0.314. The number of hydrogen-bond donors (Lipinski definition) is 0. The van der Waals surface area contributed by atoms with Crippen molar-refractivity contribution in [3.05, 3.63) is 107 Å². The Morgan fingerprint density at radius 2 is 1.28 bits per heavy atom. The maximum Gasteiger partial charge on any atom is 0.343 e. The molecule has 0 aromatic heterocycles. The predicted molar refractivity (Wildman–Crippen MR) is 156 cm³/mol. The lowest BCUT2D eigenvalue weighted by Crippen LogP contribution is -2.41. The maximum atomic E-state index is 13.0. The Morgan fingerprint density at radius 1 is 0.744 bits per heavy atom. The van der Waals surface area contributed by atoms with Crippen LogP contribution in [0.3, 0.4) is 0 Å². The Kier molecular flexibility index (Phi) is 7.07. The van der Waals surface area contributed by atoms with Gasteiger partial charge in [0.15, 0.2) is 5.78 Å². The third kappa shape index (κ3) is 5.47. The van der Waals surface area contributed by atoms with E-state index in [4.69, 9.17) is 9.47 Å². The lowest BCUT2D eigenvalue weighted by molar-refractivity contribution is 0.0734. The fourth-order valence-electron chi connectivity index (χ4n) is 6.69. The van der Waals surface area contributed by atoms with Crippen LogP contribution >= 0.6 is 0 Å². The number of rotatable bonds is 6. The van der Waals surface area contributed by atoms with Gasteiger partial charge < -0.3 is 9.47 Å². The van der Waals surface area contributed by atoms with E-state index in [0.717, 1.165) is 29.4 Å². The molecule has 2 unspecified atom stereocenters. The Balaban J connectivity index is 1.42. The van der Waals surface area contributed by atoms with Crippen molar-refractivity contribution < 1.29 is 19.1 Å². The summed E-state index contributed by atoms with van der Waals surface area (Å²) < 4.78 is 11.2. The van der Waals surface area contributed by atoms with Crippen molar-refractivity contribution in [3.8, 4) is 11.5 Å². The number of ketones is 1. The Hall–Kier alpha value is -3.92. The molecule has 200 valence electrons. The first kappa shape index (κ1) is 26.7. The molecule has 5 rings (SSSR count). The zero-order chi connectivity index (χ0) is 27.8. The third-order valence-corrected chi connectivity index (χ3v) is 8.12. The Morgan fingerprint density at radius 3 is 1.82 bits per heavy atom. The number of methoxy groups -OCH3 is 1. The van der Waals surface area contributed by atoms with E-state index in [1.54, 1.807) is 32.2 Å². The molecular weight excluding hydrogens is 484 g/mol. The molecular formula is C35H36O4. The van der Waals surface area contributed by atoms with E-state index in [2.05, 4.69) is 45.0 Å². The highest BCUT2D eigenvalue weighted by molar-refractivity contribution is 6.01. The molecule has 1 fully saturated rings. The maximum absolute atomic E-state index is 13.0. The van der Waals surface area contributed by atoms with Crippen LogP contribution in [0.2, 0.25) is 0 Å². The number of hydrogen-bond acceptors (Lipinski definition) is 4. The van der Waals surface area contributed by atoms with Gasteiger partial charge in [-0.3, -0.25) is 4.79 Å². The normalized spacial score (nSPS) is 20.4. The van der Waals surface area contributed by atoms with Gasteiger partial charge in [-0.2, -0.15) is 0 Å². The number of benzene rings is 4. The van der Waals surface area contributed by atoms with Crippen LogP contribution in [0.1, 0.15) is 78.8 Å². The summed E-state index contributed by atoms with van der Waals surface area (Å²) in [7, 11) is 1.69. The summed E-state index contributed by atoms with van der Waals surface area (Å²) in [6.45, 7) is 8.62. The van der Waals surface area contributed by atoms with Gasteiger partial charge in [-0.1, -0.05) is 63.2 Å². The van der Waals surface area contributed by atoms with Crippen LogP contribution < -0.4 is 9.47 Å². The van der Waals surface area contributed by atoms with Crippen LogP contribution in [-0.4, -0.2) is 18.9 Å². The molecule has 0 saturated heterocycles. The third-order valence-electron chi connectivity index (χ3n) is 8.12. The van der Waals surface area contributed by atoms with Crippen molar-refractivity contribution in [2.24, 2.45) is 11.3 Å². The molecule has 4 nitrogen and oxygen atoms in total. The summed E-state index contributed by atoms with van der Waals surface area (Å²) in [6, 6.07) is 27.4. The van der Waals surface area contributed by atoms with Crippen molar-refractivity contribution in [1.82, 2.24) is 0 Å². The van der Waals surface area contributed by atoms with E-state index in [1.807, 2.05) is 42.5 Å². The minimum atomic E-state index is -0.405. The van der Waals surface area contributed by atoms with Gasteiger partial charge in [-0.15, -0.1) is 0 Å². The summed E-state index contributed by atoms with van der Waals surface area (Å²) in [6.07, 6.45) is 3.30. The zero-order valence-corrected chi connectivity index (χ0v) is 23.4. The molecule has 4 aromatic carbocycles. The Bertz CT molecular complexity index is 1520. The lowest BCUT2D eigenvalue weighted by atomic mass is 9.55. The molecule has 0 heterocycles. The summed E-state index contributed by atoms with van der Waals surface area (Å²) in [4.78, 5) is 24.7. The van der Waals surface area contributed by atoms with Crippen molar-refractivity contribution in [2.45, 2.75) is 52.4 Å². The lowest BCUT2D eigenvalue weighted by Gasteiger charge is -2.48. The monoisotopic (exact) mass is 520 g/mol. The van der Waals surface area contributed by atoms with Gasteiger partial charge in [0.05, 0.1) is 12.7 Å². The highest BCUT2D eigenvalue weighted by Gasteiger charge is 2.45. The van der Waals surface area contributed by atoms with Crippen molar-refractivity contribution >= 4 is 22.5 Å². The van der Waals surface area contributed by atoms with Gasteiger partial charge in [-0.25, -0.2) is 4.79 Å². The molecule has 4 heteroatoms. The van der Waals surface area contributed by atoms with Crippen molar-refractivity contribution in [2.75, 3.05) is 7.11 Å². The number of ether oxygens (including phenoxy) is 2. The van der Waals surface area contributed by atoms with Crippen LogP contribution in [0.5, 0.6) is 11.5 Å². The van der Waals surface area contributed by atoms with Gasteiger partial charge in [0.25, 0.3) is 0 Å². The average Bonchev–Trinajstić information content (AvgIpc) is 2.91. The number of fused-ring (bicyclic) bond motifs is 1. The summed E-state index contributed by atoms with van der Waals surface area (Å²) >= 11 is 0. The smallest absolute Gasteiger partial charge is 0.343 e. The predicted octanol–water partition coefficient (Wildman–Crippen LogP) is 8.40. The van der Waals surface area contributed by atoms with E-state index >= 15 is 0 Å². The largest absolute Gasteiger partial charge is 0.497 e. The van der Waals surface area contributed by atoms with E-state index < -0.39 is 5.97 Å². The minimum Gasteiger partial charge on any atom is -0.497 e. The van der Waals surface area contributed by atoms with Crippen LogP contribution in [0.25, 0.3) is 10.8 Å². The second-order valence-corrected chi connectivity index (χ2v) is 11.9. The molecule has 0 amide bonds. The summed E-state index contributed by atoms with van der Waals surface area (Å²) in [5.41, 5.74) is 3.72. The van der Waals surface area contributed by atoms with Crippen LogP contribution in [-0.2, 0) is 5.41 Å². The number of esters is 1. The number of carbonyl (C=O) groups excluding carboxylic acids is 2. The van der Waals surface area contributed by atoms with E-state index in [0.29, 0.717) is 22.8 Å². The van der Waals surface area contributed by atoms with Gasteiger partial charge in [0, 0.05) is 11.0 Å². The highest BCUT2D eigenvalue weighted by atomic mass is 16.5. The van der Waals surface area contributed by atoms with Gasteiger partial charge in [0.2, 0.25) is 0 Å². The van der Waals surface area contributed by atoms with Gasteiger partial charge in [-0.05, 0) is 102 Å². The minimum absolute atomic E-state index is 0.0175. The van der Waals surface area contributed by atoms with E-state index in [1.165, 1.54) is 17.5 Å². The van der Waals surface area contributed by atoms with E-state index in [9.17, 15) is 9.59 Å².